The quantitative estimate of drug-likeness (QED) is 0.269. The highest BCUT2D eigenvalue weighted by Gasteiger charge is 2.21. The number of nitrogens with one attached hydrogen (secondary N) is 3. The lowest BCUT2D eigenvalue weighted by atomic mass is 10.1. The number of nitrogens with zero attached hydrogens (tertiary/aromatic N) is 3. The van der Waals surface area contributed by atoms with Crippen LogP contribution in [0.25, 0.3) is 22.2 Å². The minimum atomic E-state index is -0.322. The molecular formula is C25H28N6O3S. The monoisotopic (exact) mass is 492 g/mol. The largest absolute Gasteiger partial charge is 0.480 e. The van der Waals surface area contributed by atoms with E-state index < -0.39 is 0 Å². The molecule has 35 heavy (non-hydrogen) atoms. The van der Waals surface area contributed by atoms with Crippen molar-refractivity contribution in [2.24, 2.45) is 0 Å². The number of benzene rings is 1. The number of aromatic amines is 1. The molecule has 2 amide bonds. The van der Waals surface area contributed by atoms with Gasteiger partial charge in [-0.25, -0.2) is 9.97 Å². The van der Waals surface area contributed by atoms with Gasteiger partial charge in [-0.15, -0.1) is 11.3 Å². The number of carbonyl (C=O) groups is 2. The molecule has 182 valence electrons. The Hall–Kier alpha value is -3.79. The molecule has 3 heterocycles. The fourth-order valence-corrected chi connectivity index (χ4v) is 4.39. The molecule has 3 aromatic heterocycles. The average Bonchev–Trinajstić information content (AvgIpc) is 3.59. The Labute approximate surface area is 207 Å². The second kappa shape index (κ2) is 11.6. The molecule has 4 aromatic rings. The lowest BCUT2D eigenvalue weighted by Gasteiger charge is -2.16. The van der Waals surface area contributed by atoms with Crippen LogP contribution in [0.15, 0.2) is 48.2 Å². The Morgan fingerprint density at radius 2 is 2.03 bits per heavy atom. The van der Waals surface area contributed by atoms with Crippen molar-refractivity contribution in [1.82, 2.24) is 30.6 Å². The molecule has 0 bridgehead atoms. The maximum Gasteiger partial charge on any atom is 0.263 e. The van der Waals surface area contributed by atoms with Gasteiger partial charge in [-0.3, -0.25) is 14.6 Å². The van der Waals surface area contributed by atoms with Crippen LogP contribution >= 0.6 is 11.3 Å². The Bertz CT molecular complexity index is 1290. The highest BCUT2D eigenvalue weighted by atomic mass is 32.1. The van der Waals surface area contributed by atoms with Crippen LogP contribution in [0, 0.1) is 0 Å². The molecule has 3 N–H and O–H groups in total. The Morgan fingerprint density at radius 3 is 2.80 bits per heavy atom. The van der Waals surface area contributed by atoms with E-state index in [0.717, 1.165) is 41.4 Å². The zero-order valence-electron chi connectivity index (χ0n) is 19.7. The summed E-state index contributed by atoms with van der Waals surface area (Å²) in [6, 6.07) is 9.54. The Kier molecular flexibility index (Phi) is 8.04. The molecule has 9 nitrogen and oxygen atoms in total. The van der Waals surface area contributed by atoms with Gasteiger partial charge in [0.2, 0.25) is 11.8 Å². The average molecular weight is 493 g/mol. The van der Waals surface area contributed by atoms with E-state index in [1.807, 2.05) is 30.3 Å². The van der Waals surface area contributed by atoms with Crippen LogP contribution in [0.5, 0.6) is 5.88 Å². The van der Waals surface area contributed by atoms with Crippen molar-refractivity contribution in [3.8, 4) is 17.1 Å². The third-order valence-corrected chi connectivity index (χ3v) is 6.51. The number of carbonyl (C=O) groups excluding carboxylic acids is 2. The minimum Gasteiger partial charge on any atom is -0.480 e. The van der Waals surface area contributed by atoms with Crippen LogP contribution in [0.2, 0.25) is 0 Å². The first kappa shape index (κ1) is 24.3. The number of thiazole rings is 1. The number of aromatic nitrogens is 4. The second-order valence-electron chi connectivity index (χ2n) is 8.08. The molecule has 10 heteroatoms. The fraction of sp³-hybridized carbons (Fsp3) is 0.320. The van der Waals surface area contributed by atoms with Crippen LogP contribution < -0.4 is 15.4 Å². The first-order chi connectivity index (χ1) is 17.1. The number of unbranched alkanes of at least 4 members (excludes halogenated alkanes) is 2. The number of para-hydroxylation sites is 1. The number of hydrogen-bond acceptors (Lipinski definition) is 7. The Morgan fingerprint density at radius 1 is 1.17 bits per heavy atom. The summed E-state index contributed by atoms with van der Waals surface area (Å²) in [5.41, 5.74) is 4.03. The molecular weight excluding hydrogens is 464 g/mol. The van der Waals surface area contributed by atoms with E-state index >= 15 is 0 Å². The van der Waals surface area contributed by atoms with Gasteiger partial charge in [0.25, 0.3) is 5.91 Å². The first-order valence-corrected chi connectivity index (χ1v) is 12.4. The van der Waals surface area contributed by atoms with Crippen molar-refractivity contribution in [2.75, 3.05) is 14.2 Å². The summed E-state index contributed by atoms with van der Waals surface area (Å²) in [6.07, 6.45) is 6.96. The van der Waals surface area contributed by atoms with E-state index in [2.05, 4.69) is 30.6 Å². The van der Waals surface area contributed by atoms with Crippen LogP contribution in [-0.4, -0.2) is 45.9 Å². The Balaban J connectivity index is 1.54. The fourth-order valence-electron chi connectivity index (χ4n) is 3.87. The van der Waals surface area contributed by atoms with Crippen molar-refractivity contribution in [3.05, 3.63) is 58.9 Å². The molecule has 1 atom stereocenters. The highest BCUT2D eigenvalue weighted by Crippen LogP contribution is 2.31. The van der Waals surface area contributed by atoms with Crippen LogP contribution in [0.1, 0.15) is 53.6 Å². The van der Waals surface area contributed by atoms with E-state index in [0.29, 0.717) is 29.4 Å². The van der Waals surface area contributed by atoms with Crippen LogP contribution in [-0.2, 0) is 4.79 Å². The zero-order chi connectivity index (χ0) is 24.6. The number of rotatable bonds is 11. The van der Waals surface area contributed by atoms with E-state index in [-0.39, 0.29) is 17.9 Å². The predicted octanol–water partition coefficient (Wildman–Crippen LogP) is 4.26. The van der Waals surface area contributed by atoms with Gasteiger partial charge in [0.1, 0.15) is 10.7 Å². The lowest BCUT2D eigenvalue weighted by molar-refractivity contribution is -0.120. The highest BCUT2D eigenvalue weighted by molar-refractivity contribution is 7.11. The number of methoxy groups -OCH3 is 1. The summed E-state index contributed by atoms with van der Waals surface area (Å²) in [6.45, 7) is 0. The predicted molar refractivity (Wildman–Crippen MR) is 135 cm³/mol. The van der Waals surface area contributed by atoms with Crippen LogP contribution in [0.3, 0.4) is 0 Å². The summed E-state index contributed by atoms with van der Waals surface area (Å²) in [4.78, 5) is 41.4. The van der Waals surface area contributed by atoms with Crippen molar-refractivity contribution in [2.45, 2.75) is 38.1 Å². The summed E-state index contributed by atoms with van der Waals surface area (Å²) in [5, 5.41) is 6.71. The van der Waals surface area contributed by atoms with Gasteiger partial charge in [0, 0.05) is 18.9 Å². The van der Waals surface area contributed by atoms with Crippen molar-refractivity contribution < 1.29 is 14.3 Å². The summed E-state index contributed by atoms with van der Waals surface area (Å²) < 4.78 is 5.54. The van der Waals surface area contributed by atoms with E-state index in [1.54, 1.807) is 32.1 Å². The SMILES string of the molecule is CNC(=O)CCCCC[C@H](NC(=O)c1cncs1)c1ncc(-c2cc3ccccc3nc2OC)[nH]1. The second-order valence-corrected chi connectivity index (χ2v) is 8.97. The number of H-pyrrole nitrogens is 1. The molecule has 0 aliphatic carbocycles. The van der Waals surface area contributed by atoms with Gasteiger partial charge >= 0.3 is 0 Å². The van der Waals surface area contributed by atoms with Gasteiger partial charge in [-0.2, -0.15) is 0 Å². The van der Waals surface area contributed by atoms with Gasteiger partial charge in [0.05, 0.1) is 47.8 Å². The van der Waals surface area contributed by atoms with E-state index in [4.69, 9.17) is 4.74 Å². The maximum absolute atomic E-state index is 12.8. The smallest absolute Gasteiger partial charge is 0.263 e. The molecule has 1 aromatic carbocycles. The molecule has 0 aliphatic rings. The number of imidazole rings is 1. The molecule has 4 rings (SSSR count). The zero-order valence-corrected chi connectivity index (χ0v) is 20.5. The third-order valence-electron chi connectivity index (χ3n) is 5.73. The van der Waals surface area contributed by atoms with Gasteiger partial charge in [-0.05, 0) is 25.0 Å². The van der Waals surface area contributed by atoms with E-state index in [9.17, 15) is 9.59 Å². The summed E-state index contributed by atoms with van der Waals surface area (Å²) >= 11 is 1.29. The molecule has 0 radical (unpaired) electrons. The molecule has 0 saturated carbocycles. The number of hydrogen-bond donors (Lipinski definition) is 3. The summed E-state index contributed by atoms with van der Waals surface area (Å²) in [5.74, 6) is 0.997. The molecule has 0 unspecified atom stereocenters. The topological polar surface area (TPSA) is 122 Å². The molecule has 0 aliphatic heterocycles. The normalized spacial score (nSPS) is 11.8. The van der Waals surface area contributed by atoms with Crippen LogP contribution in [0.4, 0.5) is 0 Å². The number of fused-ring (bicyclic) bond motifs is 1. The number of pyridine rings is 1. The molecule has 0 fully saturated rings. The maximum atomic E-state index is 12.8. The first-order valence-electron chi connectivity index (χ1n) is 11.5. The van der Waals surface area contributed by atoms with Crippen molar-refractivity contribution in [1.29, 1.82) is 0 Å². The standard InChI is InChI=1S/C25H28N6O3S/c1-26-22(32)11-5-3-4-10-19(30-24(33)21-14-27-15-35-21)23-28-13-20(29-23)17-12-16-8-6-7-9-18(16)31-25(17)34-2/h6-9,12-15,19H,3-5,10-11H2,1-2H3,(H,26,32)(H,28,29)(H,30,33)/t19-/m0/s1. The van der Waals surface area contributed by atoms with Crippen molar-refractivity contribution >= 4 is 34.1 Å². The summed E-state index contributed by atoms with van der Waals surface area (Å²) in [7, 11) is 3.23. The van der Waals surface area contributed by atoms with Gasteiger partial charge < -0.3 is 20.4 Å². The lowest BCUT2D eigenvalue weighted by Crippen LogP contribution is -2.28. The minimum absolute atomic E-state index is 0.0358. The van der Waals surface area contributed by atoms with E-state index in [1.165, 1.54) is 11.3 Å². The molecule has 0 saturated heterocycles. The van der Waals surface area contributed by atoms with Gasteiger partial charge in [0.15, 0.2) is 0 Å². The van der Waals surface area contributed by atoms with Crippen molar-refractivity contribution in [3.63, 3.8) is 0 Å². The number of amides is 2. The number of ether oxygens (including phenoxy) is 1. The third kappa shape index (κ3) is 6.02. The molecule has 0 spiro atoms. The van der Waals surface area contributed by atoms with Gasteiger partial charge in [-0.1, -0.05) is 31.0 Å².